The summed E-state index contributed by atoms with van der Waals surface area (Å²) in [5.74, 6) is -2.12. The fourth-order valence-corrected chi connectivity index (χ4v) is 1.75. The standard InChI is InChI=1S/C12H16N2O6.ClH/c1-12(2,11(17)20-3)10(13)6-4-7(14(18)19)9(16)8(15)5-6;/h4-5,10,15-16H,13H2,1-3H3;1H/t10-;/m1./s1. The molecule has 0 amide bonds. The molecule has 4 N–H and O–H groups in total. The number of phenolic OH excluding ortho intramolecular Hbond substituents is 2. The van der Waals surface area contributed by atoms with Gasteiger partial charge in [-0.25, -0.2) is 0 Å². The Morgan fingerprint density at radius 3 is 2.38 bits per heavy atom. The van der Waals surface area contributed by atoms with Gasteiger partial charge in [0.15, 0.2) is 5.75 Å². The Hall–Kier alpha value is -2.06. The molecule has 1 aromatic carbocycles. The monoisotopic (exact) mass is 320 g/mol. The maximum atomic E-state index is 11.7. The molecule has 1 rings (SSSR count). The van der Waals surface area contributed by atoms with Gasteiger partial charge in [0.2, 0.25) is 5.75 Å². The topological polar surface area (TPSA) is 136 Å². The third-order valence-corrected chi connectivity index (χ3v) is 3.14. The number of nitrogens with zero attached hydrogens (tertiary/aromatic N) is 1. The molecule has 0 aliphatic rings. The summed E-state index contributed by atoms with van der Waals surface area (Å²) in [5, 5.41) is 29.7. The molecule has 1 aromatic rings. The Morgan fingerprint density at radius 1 is 1.43 bits per heavy atom. The van der Waals surface area contributed by atoms with Crippen molar-refractivity contribution in [1.82, 2.24) is 0 Å². The number of esters is 1. The first kappa shape index (κ1) is 18.9. The third-order valence-electron chi connectivity index (χ3n) is 3.14. The van der Waals surface area contributed by atoms with Crippen molar-refractivity contribution in [3.63, 3.8) is 0 Å². The van der Waals surface area contributed by atoms with Gasteiger partial charge in [0.05, 0.1) is 17.4 Å². The van der Waals surface area contributed by atoms with Crippen LogP contribution in [0.15, 0.2) is 12.1 Å². The predicted molar refractivity (Wildman–Crippen MR) is 76.4 cm³/mol. The lowest BCUT2D eigenvalue weighted by Crippen LogP contribution is -2.37. The predicted octanol–water partition coefficient (Wildman–Crippen LogP) is 1.63. The number of ether oxygens (including phenoxy) is 1. The highest BCUT2D eigenvalue weighted by atomic mass is 35.5. The van der Waals surface area contributed by atoms with Crippen LogP contribution in [0.5, 0.6) is 11.5 Å². The molecule has 0 saturated heterocycles. The summed E-state index contributed by atoms with van der Waals surface area (Å²) in [5.41, 5.74) is 4.22. The number of rotatable bonds is 4. The van der Waals surface area contributed by atoms with Gasteiger partial charge in [-0.05, 0) is 25.5 Å². The van der Waals surface area contributed by atoms with Gasteiger partial charge >= 0.3 is 11.7 Å². The number of nitro groups is 1. The molecule has 0 spiro atoms. The minimum Gasteiger partial charge on any atom is -0.504 e. The summed E-state index contributed by atoms with van der Waals surface area (Å²) >= 11 is 0. The van der Waals surface area contributed by atoms with Gasteiger partial charge in [0.25, 0.3) is 0 Å². The molecule has 0 fully saturated rings. The first-order chi connectivity index (χ1) is 9.12. The van der Waals surface area contributed by atoms with E-state index in [1.54, 1.807) is 0 Å². The minimum absolute atomic E-state index is 0. The molecule has 0 bridgehead atoms. The molecule has 118 valence electrons. The second-order valence-corrected chi connectivity index (χ2v) is 4.86. The van der Waals surface area contributed by atoms with E-state index in [0.717, 1.165) is 12.1 Å². The number of benzene rings is 1. The van der Waals surface area contributed by atoms with E-state index < -0.39 is 39.5 Å². The van der Waals surface area contributed by atoms with Crippen LogP contribution in [-0.2, 0) is 9.53 Å². The van der Waals surface area contributed by atoms with Crippen molar-refractivity contribution in [3.8, 4) is 11.5 Å². The largest absolute Gasteiger partial charge is 0.504 e. The number of halogens is 1. The number of carbonyl (C=O) groups excluding carboxylic acids is 1. The first-order valence-electron chi connectivity index (χ1n) is 5.67. The maximum Gasteiger partial charge on any atom is 0.314 e. The number of carbonyl (C=O) groups is 1. The van der Waals surface area contributed by atoms with Crippen LogP contribution in [0.2, 0.25) is 0 Å². The van der Waals surface area contributed by atoms with E-state index in [-0.39, 0.29) is 18.0 Å². The van der Waals surface area contributed by atoms with Gasteiger partial charge in [-0.15, -0.1) is 12.4 Å². The maximum absolute atomic E-state index is 11.7. The van der Waals surface area contributed by atoms with Crippen LogP contribution < -0.4 is 5.73 Å². The van der Waals surface area contributed by atoms with E-state index in [4.69, 9.17) is 5.73 Å². The molecule has 0 radical (unpaired) electrons. The summed E-state index contributed by atoms with van der Waals surface area (Å²) in [6.07, 6.45) is 0. The number of aromatic hydroxyl groups is 2. The van der Waals surface area contributed by atoms with E-state index in [0.29, 0.717) is 0 Å². The van der Waals surface area contributed by atoms with Crippen LogP contribution in [0.3, 0.4) is 0 Å². The summed E-state index contributed by atoms with van der Waals surface area (Å²) in [6.45, 7) is 3.03. The Bertz CT molecular complexity index is 561. The number of hydrogen-bond acceptors (Lipinski definition) is 7. The Kier molecular flexibility index (Phi) is 5.95. The Morgan fingerprint density at radius 2 is 1.95 bits per heavy atom. The molecule has 0 saturated carbocycles. The third kappa shape index (κ3) is 3.53. The molecule has 9 heteroatoms. The quantitative estimate of drug-likeness (QED) is 0.332. The van der Waals surface area contributed by atoms with Crippen molar-refractivity contribution in [2.75, 3.05) is 7.11 Å². The number of nitrogens with two attached hydrogens (primary N) is 1. The lowest BCUT2D eigenvalue weighted by atomic mass is 9.81. The van der Waals surface area contributed by atoms with Crippen molar-refractivity contribution in [2.24, 2.45) is 11.1 Å². The smallest absolute Gasteiger partial charge is 0.314 e. The average Bonchev–Trinajstić information content (AvgIpc) is 2.39. The van der Waals surface area contributed by atoms with Gasteiger partial charge in [0, 0.05) is 12.1 Å². The van der Waals surface area contributed by atoms with Gasteiger partial charge in [-0.1, -0.05) is 0 Å². The van der Waals surface area contributed by atoms with Crippen molar-refractivity contribution >= 4 is 24.1 Å². The van der Waals surface area contributed by atoms with Crippen LogP contribution in [-0.4, -0.2) is 28.2 Å². The van der Waals surface area contributed by atoms with Crippen LogP contribution >= 0.6 is 12.4 Å². The zero-order valence-electron chi connectivity index (χ0n) is 11.7. The number of methoxy groups -OCH3 is 1. The Labute approximate surface area is 127 Å². The van der Waals surface area contributed by atoms with Crippen LogP contribution in [0, 0.1) is 15.5 Å². The molecular formula is C12H17ClN2O6. The molecular weight excluding hydrogens is 304 g/mol. The summed E-state index contributed by atoms with van der Waals surface area (Å²) in [4.78, 5) is 21.6. The summed E-state index contributed by atoms with van der Waals surface area (Å²) in [6, 6.07) is 1.14. The summed E-state index contributed by atoms with van der Waals surface area (Å²) < 4.78 is 4.62. The van der Waals surface area contributed by atoms with E-state index in [2.05, 4.69) is 4.74 Å². The zero-order valence-corrected chi connectivity index (χ0v) is 12.5. The highest BCUT2D eigenvalue weighted by molar-refractivity contribution is 5.85. The molecule has 8 nitrogen and oxygen atoms in total. The first-order valence-corrected chi connectivity index (χ1v) is 5.67. The van der Waals surface area contributed by atoms with Gasteiger partial charge in [-0.3, -0.25) is 14.9 Å². The number of nitro benzene ring substituents is 1. The normalized spacial score (nSPS) is 12.2. The highest BCUT2D eigenvalue weighted by Gasteiger charge is 2.38. The van der Waals surface area contributed by atoms with E-state index in [1.807, 2.05) is 0 Å². The fourth-order valence-electron chi connectivity index (χ4n) is 1.75. The molecule has 0 heterocycles. The highest BCUT2D eigenvalue weighted by Crippen LogP contribution is 2.41. The Balaban J connectivity index is 0.00000400. The van der Waals surface area contributed by atoms with Crippen molar-refractivity contribution < 1.29 is 24.7 Å². The number of hydrogen-bond donors (Lipinski definition) is 3. The lowest BCUT2D eigenvalue weighted by Gasteiger charge is -2.28. The zero-order chi connectivity index (χ0) is 15.7. The van der Waals surface area contributed by atoms with Crippen molar-refractivity contribution in [2.45, 2.75) is 19.9 Å². The van der Waals surface area contributed by atoms with Gasteiger partial charge in [-0.2, -0.15) is 0 Å². The minimum atomic E-state index is -1.16. The molecule has 0 aliphatic carbocycles. The van der Waals surface area contributed by atoms with Gasteiger partial charge in [0.1, 0.15) is 0 Å². The number of phenols is 2. The van der Waals surface area contributed by atoms with Crippen LogP contribution in [0.4, 0.5) is 5.69 Å². The molecule has 1 atom stereocenters. The molecule has 0 aliphatic heterocycles. The van der Waals surface area contributed by atoms with Crippen molar-refractivity contribution in [3.05, 3.63) is 27.8 Å². The van der Waals surface area contributed by atoms with Gasteiger partial charge < -0.3 is 20.7 Å². The SMILES string of the molecule is COC(=O)C(C)(C)[C@H](N)c1cc(O)c(O)c([N+](=O)[O-])c1.Cl. The second-order valence-electron chi connectivity index (χ2n) is 4.86. The molecule has 0 unspecified atom stereocenters. The van der Waals surface area contributed by atoms with E-state index >= 15 is 0 Å². The molecule has 0 aromatic heterocycles. The second kappa shape index (κ2) is 6.59. The lowest BCUT2D eigenvalue weighted by molar-refractivity contribution is -0.386. The van der Waals surface area contributed by atoms with Crippen LogP contribution in [0.25, 0.3) is 0 Å². The fraction of sp³-hybridized carbons (Fsp3) is 0.417. The van der Waals surface area contributed by atoms with E-state index in [1.165, 1.54) is 21.0 Å². The van der Waals surface area contributed by atoms with Crippen LogP contribution in [0.1, 0.15) is 25.5 Å². The summed E-state index contributed by atoms with van der Waals surface area (Å²) in [7, 11) is 1.20. The van der Waals surface area contributed by atoms with E-state index in [9.17, 15) is 25.1 Å². The van der Waals surface area contributed by atoms with Crippen molar-refractivity contribution in [1.29, 1.82) is 0 Å². The molecule has 21 heavy (non-hydrogen) atoms. The average molecular weight is 321 g/mol.